The summed E-state index contributed by atoms with van der Waals surface area (Å²) in [7, 11) is 1.74. The summed E-state index contributed by atoms with van der Waals surface area (Å²) in [5.41, 5.74) is 0. The number of rotatable bonds is 9. The standard InChI is InChI=1S/C12H27NO2/c1-10(2)9-15-8-6-7-13-11(3)12(4)14-5/h10-13H,6-9H2,1-5H3. The molecule has 3 heteroatoms. The largest absolute Gasteiger partial charge is 0.381 e. The molecule has 0 heterocycles. The Balaban J connectivity index is 3.23. The molecule has 3 nitrogen and oxygen atoms in total. The fraction of sp³-hybridized carbons (Fsp3) is 1.00. The first-order valence-electron chi connectivity index (χ1n) is 5.91. The number of nitrogens with one attached hydrogen (secondary N) is 1. The second kappa shape index (κ2) is 9.13. The molecule has 0 radical (unpaired) electrons. The van der Waals surface area contributed by atoms with Crippen molar-refractivity contribution in [3.63, 3.8) is 0 Å². The van der Waals surface area contributed by atoms with Crippen molar-refractivity contribution in [1.82, 2.24) is 5.32 Å². The monoisotopic (exact) mass is 217 g/mol. The maximum Gasteiger partial charge on any atom is 0.0693 e. The van der Waals surface area contributed by atoms with Gasteiger partial charge in [0.1, 0.15) is 0 Å². The summed E-state index contributed by atoms with van der Waals surface area (Å²) in [6, 6.07) is 0.403. The van der Waals surface area contributed by atoms with E-state index >= 15 is 0 Å². The number of ether oxygens (including phenoxy) is 2. The molecule has 0 aromatic heterocycles. The van der Waals surface area contributed by atoms with E-state index in [1.807, 2.05) is 0 Å². The lowest BCUT2D eigenvalue weighted by atomic mass is 10.2. The fourth-order valence-corrected chi connectivity index (χ4v) is 1.19. The third kappa shape index (κ3) is 8.85. The first-order chi connectivity index (χ1) is 7.07. The SMILES string of the molecule is COC(C)C(C)NCCCOCC(C)C. The predicted octanol–water partition coefficient (Wildman–Crippen LogP) is 2.06. The van der Waals surface area contributed by atoms with Crippen molar-refractivity contribution in [3.8, 4) is 0 Å². The molecule has 0 aliphatic carbocycles. The van der Waals surface area contributed by atoms with Gasteiger partial charge in [0.25, 0.3) is 0 Å². The minimum Gasteiger partial charge on any atom is -0.381 e. The van der Waals surface area contributed by atoms with Gasteiger partial charge in [-0.25, -0.2) is 0 Å². The average Bonchev–Trinajstić information content (AvgIpc) is 2.21. The van der Waals surface area contributed by atoms with Crippen LogP contribution in [0.4, 0.5) is 0 Å². The molecule has 92 valence electrons. The molecule has 15 heavy (non-hydrogen) atoms. The third-order valence-corrected chi connectivity index (χ3v) is 2.46. The van der Waals surface area contributed by atoms with E-state index in [1.165, 1.54) is 0 Å². The zero-order chi connectivity index (χ0) is 11.7. The van der Waals surface area contributed by atoms with Crippen LogP contribution in [0.1, 0.15) is 34.1 Å². The average molecular weight is 217 g/mol. The Morgan fingerprint density at radius 3 is 2.33 bits per heavy atom. The number of hydrogen-bond donors (Lipinski definition) is 1. The van der Waals surface area contributed by atoms with Gasteiger partial charge in [0.05, 0.1) is 6.10 Å². The van der Waals surface area contributed by atoms with Crippen LogP contribution in [-0.4, -0.2) is 39.0 Å². The van der Waals surface area contributed by atoms with Crippen LogP contribution in [0, 0.1) is 5.92 Å². The summed E-state index contributed by atoms with van der Waals surface area (Å²) in [5, 5.41) is 3.42. The predicted molar refractivity (Wildman–Crippen MR) is 64.2 cm³/mol. The summed E-state index contributed by atoms with van der Waals surface area (Å²) >= 11 is 0. The van der Waals surface area contributed by atoms with E-state index in [0.717, 1.165) is 26.2 Å². The van der Waals surface area contributed by atoms with Gasteiger partial charge in [0, 0.05) is 26.4 Å². The minimum atomic E-state index is 0.265. The van der Waals surface area contributed by atoms with Crippen molar-refractivity contribution in [3.05, 3.63) is 0 Å². The first kappa shape index (κ1) is 14.9. The van der Waals surface area contributed by atoms with E-state index < -0.39 is 0 Å². The fourth-order valence-electron chi connectivity index (χ4n) is 1.19. The van der Waals surface area contributed by atoms with Crippen molar-refractivity contribution in [2.45, 2.75) is 46.3 Å². The zero-order valence-corrected chi connectivity index (χ0v) is 10.9. The second-order valence-corrected chi connectivity index (χ2v) is 4.51. The summed E-state index contributed by atoms with van der Waals surface area (Å²) in [5.74, 6) is 0.630. The quantitative estimate of drug-likeness (QED) is 0.600. The molecular weight excluding hydrogens is 190 g/mol. The molecule has 1 N–H and O–H groups in total. The normalized spacial score (nSPS) is 15.6. The van der Waals surface area contributed by atoms with Crippen molar-refractivity contribution in [1.29, 1.82) is 0 Å². The maximum absolute atomic E-state index is 5.49. The van der Waals surface area contributed by atoms with Gasteiger partial charge in [-0.3, -0.25) is 0 Å². The van der Waals surface area contributed by atoms with Crippen LogP contribution in [0.15, 0.2) is 0 Å². The van der Waals surface area contributed by atoms with E-state index in [0.29, 0.717) is 12.0 Å². The Bertz CT molecular complexity index is 140. The Morgan fingerprint density at radius 1 is 1.13 bits per heavy atom. The van der Waals surface area contributed by atoms with Crippen LogP contribution in [0.25, 0.3) is 0 Å². The summed E-state index contributed by atoms with van der Waals surface area (Å²) < 4.78 is 10.7. The Labute approximate surface area is 94.5 Å². The summed E-state index contributed by atoms with van der Waals surface area (Å²) in [4.78, 5) is 0. The summed E-state index contributed by atoms with van der Waals surface area (Å²) in [6.45, 7) is 11.3. The lowest BCUT2D eigenvalue weighted by Crippen LogP contribution is -2.37. The van der Waals surface area contributed by atoms with Crippen LogP contribution in [0.5, 0.6) is 0 Å². The highest BCUT2D eigenvalue weighted by Gasteiger charge is 2.08. The molecule has 2 unspecified atom stereocenters. The van der Waals surface area contributed by atoms with Crippen molar-refractivity contribution in [2.24, 2.45) is 5.92 Å². The Hall–Kier alpha value is -0.120. The van der Waals surface area contributed by atoms with Gasteiger partial charge in [0.15, 0.2) is 0 Å². The molecule has 0 aromatic rings. The van der Waals surface area contributed by atoms with Gasteiger partial charge < -0.3 is 14.8 Å². The maximum atomic E-state index is 5.49. The molecule has 2 atom stereocenters. The molecule has 0 aromatic carbocycles. The first-order valence-corrected chi connectivity index (χ1v) is 5.91. The van der Waals surface area contributed by atoms with Gasteiger partial charge in [-0.2, -0.15) is 0 Å². The van der Waals surface area contributed by atoms with Gasteiger partial charge in [-0.1, -0.05) is 13.8 Å². The number of methoxy groups -OCH3 is 1. The van der Waals surface area contributed by atoms with E-state index in [2.05, 4.69) is 33.0 Å². The number of hydrogen-bond acceptors (Lipinski definition) is 3. The minimum absolute atomic E-state index is 0.265. The van der Waals surface area contributed by atoms with Crippen LogP contribution in [0.3, 0.4) is 0 Å². The zero-order valence-electron chi connectivity index (χ0n) is 10.9. The van der Waals surface area contributed by atoms with Crippen molar-refractivity contribution >= 4 is 0 Å². The van der Waals surface area contributed by atoms with E-state index in [1.54, 1.807) is 7.11 Å². The van der Waals surface area contributed by atoms with Gasteiger partial charge in [-0.05, 0) is 32.7 Å². The van der Waals surface area contributed by atoms with Crippen molar-refractivity contribution < 1.29 is 9.47 Å². The molecule has 0 amide bonds. The second-order valence-electron chi connectivity index (χ2n) is 4.51. The summed E-state index contributed by atoms with van der Waals surface area (Å²) in [6.07, 6.45) is 1.33. The molecule has 0 spiro atoms. The molecule has 0 saturated heterocycles. The third-order valence-electron chi connectivity index (χ3n) is 2.46. The Kier molecular flexibility index (Phi) is 9.06. The molecule has 0 rings (SSSR count). The molecule has 0 bridgehead atoms. The molecule has 0 aliphatic rings. The van der Waals surface area contributed by atoms with E-state index in [-0.39, 0.29) is 6.10 Å². The molecule has 0 aliphatic heterocycles. The highest BCUT2D eigenvalue weighted by Crippen LogP contribution is 1.96. The molecule has 0 saturated carbocycles. The lowest BCUT2D eigenvalue weighted by molar-refractivity contribution is 0.0837. The van der Waals surface area contributed by atoms with Crippen LogP contribution in [-0.2, 0) is 9.47 Å². The van der Waals surface area contributed by atoms with E-state index in [9.17, 15) is 0 Å². The van der Waals surface area contributed by atoms with Crippen LogP contribution >= 0.6 is 0 Å². The van der Waals surface area contributed by atoms with Crippen LogP contribution < -0.4 is 5.32 Å². The van der Waals surface area contributed by atoms with Crippen LogP contribution in [0.2, 0.25) is 0 Å². The molecular formula is C12H27NO2. The smallest absolute Gasteiger partial charge is 0.0693 e. The van der Waals surface area contributed by atoms with Gasteiger partial charge >= 0.3 is 0 Å². The highest BCUT2D eigenvalue weighted by atomic mass is 16.5. The Morgan fingerprint density at radius 2 is 1.80 bits per heavy atom. The highest BCUT2D eigenvalue weighted by molar-refractivity contribution is 4.67. The molecule has 0 fully saturated rings. The van der Waals surface area contributed by atoms with E-state index in [4.69, 9.17) is 9.47 Å². The topological polar surface area (TPSA) is 30.5 Å². The van der Waals surface area contributed by atoms with Crippen molar-refractivity contribution in [2.75, 3.05) is 26.9 Å². The van der Waals surface area contributed by atoms with Gasteiger partial charge in [0.2, 0.25) is 0 Å². The van der Waals surface area contributed by atoms with Gasteiger partial charge in [-0.15, -0.1) is 0 Å². The lowest BCUT2D eigenvalue weighted by Gasteiger charge is -2.19.